The van der Waals surface area contributed by atoms with Crippen molar-refractivity contribution in [1.29, 1.82) is 0 Å². The van der Waals surface area contributed by atoms with Gasteiger partial charge in [-0.2, -0.15) is 0 Å². The Hall–Kier alpha value is -3.34. The number of anilines is 3. The lowest BCUT2D eigenvalue weighted by Crippen LogP contribution is -2.23. The molecule has 5 heteroatoms. The molecule has 0 bridgehead atoms. The molecular weight excluding hydrogens is 336 g/mol. The summed E-state index contributed by atoms with van der Waals surface area (Å²) in [6, 6.07) is 19.8. The van der Waals surface area contributed by atoms with Gasteiger partial charge in [0.05, 0.1) is 11.9 Å². The molecule has 3 rings (SSSR count). The fraction of sp³-hybridized carbons (Fsp3) is 0.182. The van der Waals surface area contributed by atoms with Crippen molar-refractivity contribution in [3.8, 4) is 0 Å². The average Bonchev–Trinajstić information content (AvgIpc) is 2.67. The molecule has 1 amide bonds. The van der Waals surface area contributed by atoms with Crippen LogP contribution in [-0.2, 0) is 6.54 Å². The van der Waals surface area contributed by atoms with Gasteiger partial charge >= 0.3 is 0 Å². The van der Waals surface area contributed by atoms with Gasteiger partial charge in [-0.15, -0.1) is 0 Å². The number of benzene rings is 2. The van der Waals surface area contributed by atoms with E-state index in [2.05, 4.69) is 26.6 Å². The van der Waals surface area contributed by atoms with E-state index in [1.807, 2.05) is 69.6 Å². The van der Waals surface area contributed by atoms with Crippen LogP contribution in [0.3, 0.4) is 0 Å². The first-order valence-corrected chi connectivity index (χ1v) is 8.85. The fourth-order valence-corrected chi connectivity index (χ4v) is 2.71. The van der Waals surface area contributed by atoms with Crippen LogP contribution in [0.2, 0.25) is 0 Å². The number of rotatable bonds is 6. The highest BCUT2D eigenvalue weighted by molar-refractivity contribution is 5.92. The molecule has 2 aromatic carbocycles. The summed E-state index contributed by atoms with van der Waals surface area (Å²) in [5, 5.41) is 6.19. The van der Waals surface area contributed by atoms with Crippen molar-refractivity contribution in [2.24, 2.45) is 0 Å². The van der Waals surface area contributed by atoms with Crippen LogP contribution in [0.4, 0.5) is 17.1 Å². The van der Waals surface area contributed by atoms with E-state index in [0.717, 1.165) is 22.6 Å². The van der Waals surface area contributed by atoms with Crippen LogP contribution in [0.25, 0.3) is 0 Å². The second kappa shape index (κ2) is 8.36. The van der Waals surface area contributed by atoms with Crippen molar-refractivity contribution >= 4 is 23.0 Å². The Morgan fingerprint density at radius 2 is 1.74 bits per heavy atom. The summed E-state index contributed by atoms with van der Waals surface area (Å²) in [5.41, 5.74) is 5.59. The van der Waals surface area contributed by atoms with Gasteiger partial charge in [0.15, 0.2) is 0 Å². The third kappa shape index (κ3) is 5.07. The van der Waals surface area contributed by atoms with Gasteiger partial charge in [0.1, 0.15) is 5.69 Å². The topological polar surface area (TPSA) is 57.3 Å². The van der Waals surface area contributed by atoms with Gasteiger partial charge in [0.2, 0.25) is 0 Å². The van der Waals surface area contributed by atoms with Crippen LogP contribution in [0, 0.1) is 6.92 Å². The highest BCUT2D eigenvalue weighted by Crippen LogP contribution is 2.19. The molecule has 5 nitrogen and oxygen atoms in total. The largest absolute Gasteiger partial charge is 0.378 e. The second-order valence-electron chi connectivity index (χ2n) is 6.67. The number of nitrogens with one attached hydrogen (secondary N) is 2. The van der Waals surface area contributed by atoms with E-state index in [4.69, 9.17) is 0 Å². The molecule has 0 unspecified atom stereocenters. The Bertz CT molecular complexity index is 902. The fourth-order valence-electron chi connectivity index (χ4n) is 2.71. The molecule has 0 radical (unpaired) electrons. The molecule has 27 heavy (non-hydrogen) atoms. The number of carbonyl (C=O) groups is 1. The van der Waals surface area contributed by atoms with Crippen molar-refractivity contribution in [1.82, 2.24) is 10.3 Å². The molecule has 1 aromatic heterocycles. The lowest BCUT2D eigenvalue weighted by atomic mass is 10.1. The van der Waals surface area contributed by atoms with Crippen molar-refractivity contribution < 1.29 is 4.79 Å². The van der Waals surface area contributed by atoms with Crippen LogP contribution in [0.5, 0.6) is 0 Å². The number of aromatic nitrogens is 1. The Morgan fingerprint density at radius 1 is 1.00 bits per heavy atom. The molecule has 138 valence electrons. The van der Waals surface area contributed by atoms with E-state index >= 15 is 0 Å². The van der Waals surface area contributed by atoms with Gasteiger partial charge in [0.25, 0.3) is 5.91 Å². The van der Waals surface area contributed by atoms with Gasteiger partial charge < -0.3 is 15.5 Å². The first-order valence-electron chi connectivity index (χ1n) is 8.85. The summed E-state index contributed by atoms with van der Waals surface area (Å²) < 4.78 is 0. The van der Waals surface area contributed by atoms with Gasteiger partial charge in [-0.05, 0) is 48.9 Å². The predicted octanol–water partition coefficient (Wildman–Crippen LogP) is 4.13. The number of pyridine rings is 1. The Labute approximate surface area is 160 Å². The first-order chi connectivity index (χ1) is 13.0. The zero-order valence-electron chi connectivity index (χ0n) is 15.9. The Balaban J connectivity index is 1.58. The van der Waals surface area contributed by atoms with Crippen LogP contribution < -0.4 is 15.5 Å². The van der Waals surface area contributed by atoms with E-state index < -0.39 is 0 Å². The van der Waals surface area contributed by atoms with Crippen molar-refractivity contribution in [3.63, 3.8) is 0 Å². The van der Waals surface area contributed by atoms with Crippen molar-refractivity contribution in [2.45, 2.75) is 13.5 Å². The summed E-state index contributed by atoms with van der Waals surface area (Å²) >= 11 is 0. The van der Waals surface area contributed by atoms with Gasteiger partial charge in [-0.25, -0.2) is 4.98 Å². The van der Waals surface area contributed by atoms with Crippen molar-refractivity contribution in [2.75, 3.05) is 24.3 Å². The van der Waals surface area contributed by atoms with E-state index in [9.17, 15) is 4.79 Å². The monoisotopic (exact) mass is 360 g/mol. The van der Waals surface area contributed by atoms with E-state index in [1.165, 1.54) is 5.56 Å². The average molecular weight is 360 g/mol. The second-order valence-corrected chi connectivity index (χ2v) is 6.67. The summed E-state index contributed by atoms with van der Waals surface area (Å²) in [4.78, 5) is 18.6. The highest BCUT2D eigenvalue weighted by atomic mass is 16.1. The first kappa shape index (κ1) is 18.5. The summed E-state index contributed by atoms with van der Waals surface area (Å²) in [7, 11) is 4.02. The molecule has 0 saturated carbocycles. The maximum atomic E-state index is 12.3. The number of amides is 1. The number of hydrogen-bond acceptors (Lipinski definition) is 4. The smallest absolute Gasteiger partial charge is 0.270 e. The molecule has 0 saturated heterocycles. The van der Waals surface area contributed by atoms with E-state index in [1.54, 1.807) is 12.3 Å². The molecule has 0 spiro atoms. The molecule has 1 heterocycles. The summed E-state index contributed by atoms with van der Waals surface area (Å²) in [6.07, 6.45) is 1.67. The minimum absolute atomic E-state index is 0.182. The quantitative estimate of drug-likeness (QED) is 0.694. The van der Waals surface area contributed by atoms with Gasteiger partial charge in [-0.1, -0.05) is 29.8 Å². The molecule has 0 fully saturated rings. The third-order valence-electron chi connectivity index (χ3n) is 4.20. The van der Waals surface area contributed by atoms with Crippen molar-refractivity contribution in [3.05, 3.63) is 83.7 Å². The van der Waals surface area contributed by atoms with E-state index in [0.29, 0.717) is 12.2 Å². The summed E-state index contributed by atoms with van der Waals surface area (Å²) in [5.74, 6) is -0.182. The number of carbonyl (C=O) groups excluding carboxylic acids is 1. The SMILES string of the molecule is Cc1cccc(CNC(=O)c2ccc(Nc3ccc(N(C)C)cc3)cn2)c1. The number of hydrogen-bond donors (Lipinski definition) is 2. The minimum atomic E-state index is -0.182. The maximum Gasteiger partial charge on any atom is 0.270 e. The number of nitrogens with zero attached hydrogens (tertiary/aromatic N) is 2. The van der Waals surface area contributed by atoms with E-state index in [-0.39, 0.29) is 5.91 Å². The highest BCUT2D eigenvalue weighted by Gasteiger charge is 2.07. The predicted molar refractivity (Wildman–Crippen MR) is 111 cm³/mol. The van der Waals surface area contributed by atoms with Crippen LogP contribution >= 0.6 is 0 Å². The molecule has 3 aromatic rings. The van der Waals surface area contributed by atoms with Gasteiger partial charge in [0, 0.05) is 32.0 Å². The minimum Gasteiger partial charge on any atom is -0.378 e. The van der Waals surface area contributed by atoms with Crippen LogP contribution in [-0.4, -0.2) is 25.0 Å². The standard InChI is InChI=1S/C22H24N4O/c1-16-5-4-6-17(13-16)14-24-22(27)21-12-9-19(15-23-21)25-18-7-10-20(11-8-18)26(2)3/h4-13,15,25H,14H2,1-3H3,(H,24,27). The third-order valence-corrected chi connectivity index (χ3v) is 4.20. The molecular formula is C22H24N4O. The molecule has 0 aliphatic carbocycles. The normalized spacial score (nSPS) is 10.3. The molecule has 0 aliphatic heterocycles. The molecule has 0 aliphatic rings. The Kier molecular flexibility index (Phi) is 5.71. The molecule has 0 atom stereocenters. The lowest BCUT2D eigenvalue weighted by Gasteiger charge is -2.13. The Morgan fingerprint density at radius 3 is 2.37 bits per heavy atom. The number of aryl methyl sites for hydroxylation is 1. The van der Waals surface area contributed by atoms with Crippen LogP contribution in [0.1, 0.15) is 21.6 Å². The van der Waals surface area contributed by atoms with Crippen LogP contribution in [0.15, 0.2) is 66.9 Å². The zero-order valence-corrected chi connectivity index (χ0v) is 15.9. The zero-order chi connectivity index (χ0) is 19.2. The van der Waals surface area contributed by atoms with Gasteiger partial charge in [-0.3, -0.25) is 4.79 Å². The lowest BCUT2D eigenvalue weighted by molar-refractivity contribution is 0.0946. The maximum absolute atomic E-state index is 12.3. The molecule has 2 N–H and O–H groups in total. The summed E-state index contributed by atoms with van der Waals surface area (Å²) in [6.45, 7) is 2.52.